The fraction of sp³-hybridized carbons (Fsp3) is 0.444. The molecule has 1 aliphatic heterocycles. The summed E-state index contributed by atoms with van der Waals surface area (Å²) in [7, 11) is 0. The molecule has 0 aliphatic carbocycles. The van der Waals surface area contributed by atoms with Crippen LogP contribution < -0.4 is 0 Å². The maximum absolute atomic E-state index is 12.1. The van der Waals surface area contributed by atoms with E-state index >= 15 is 0 Å². The van der Waals surface area contributed by atoms with Gasteiger partial charge in [-0.3, -0.25) is 4.79 Å². The monoisotopic (exact) mass is 297 g/mol. The van der Waals surface area contributed by atoms with Gasteiger partial charge in [-0.1, -0.05) is 17.7 Å². The average Bonchev–Trinajstić information content (AvgIpc) is 2.82. The summed E-state index contributed by atoms with van der Waals surface area (Å²) in [5.74, 6) is 1.21. The third-order valence-electron chi connectivity index (χ3n) is 4.33. The zero-order chi connectivity index (χ0) is 15.7. The van der Waals surface area contributed by atoms with Gasteiger partial charge in [-0.2, -0.15) is 0 Å². The molecule has 0 saturated carbocycles. The van der Waals surface area contributed by atoms with Crippen molar-refractivity contribution in [2.45, 2.75) is 39.7 Å². The minimum atomic E-state index is 0.144. The predicted molar refractivity (Wildman–Crippen MR) is 88.8 cm³/mol. The number of amides is 1. The van der Waals surface area contributed by atoms with Crippen LogP contribution >= 0.6 is 0 Å². The van der Waals surface area contributed by atoms with Gasteiger partial charge in [-0.25, -0.2) is 4.98 Å². The number of imidazole rings is 1. The summed E-state index contributed by atoms with van der Waals surface area (Å²) in [6.45, 7) is 7.64. The van der Waals surface area contributed by atoms with E-state index < -0.39 is 0 Å². The Morgan fingerprint density at radius 1 is 1.23 bits per heavy atom. The van der Waals surface area contributed by atoms with E-state index in [0.717, 1.165) is 42.8 Å². The molecule has 0 N–H and O–H groups in total. The highest BCUT2D eigenvalue weighted by molar-refractivity contribution is 5.88. The zero-order valence-electron chi connectivity index (χ0n) is 13.5. The lowest BCUT2D eigenvalue weighted by Crippen LogP contribution is -2.38. The van der Waals surface area contributed by atoms with E-state index in [0.29, 0.717) is 6.04 Å². The van der Waals surface area contributed by atoms with Crippen LogP contribution in [0.4, 0.5) is 0 Å². The molecule has 1 saturated heterocycles. The number of carbonyl (C=O) groups excluding carboxylic acids is 1. The van der Waals surface area contributed by atoms with Gasteiger partial charge >= 0.3 is 0 Å². The molecule has 4 heteroatoms. The van der Waals surface area contributed by atoms with E-state index in [1.807, 2.05) is 24.8 Å². The minimum absolute atomic E-state index is 0.144. The van der Waals surface area contributed by atoms with Gasteiger partial charge in [-0.05, 0) is 45.7 Å². The van der Waals surface area contributed by atoms with Gasteiger partial charge in [0, 0.05) is 25.2 Å². The fourth-order valence-corrected chi connectivity index (χ4v) is 3.31. The highest BCUT2D eigenvalue weighted by Gasteiger charge is 2.25. The molecule has 0 unspecified atom stereocenters. The molecule has 0 spiro atoms. The Labute approximate surface area is 131 Å². The molecule has 1 aliphatic rings. The molecule has 1 aromatic carbocycles. The van der Waals surface area contributed by atoms with Crippen LogP contribution in [0.3, 0.4) is 0 Å². The first-order valence-corrected chi connectivity index (χ1v) is 7.93. The summed E-state index contributed by atoms with van der Waals surface area (Å²) in [5.41, 5.74) is 3.32. The lowest BCUT2D eigenvalue weighted by Gasteiger charge is -2.33. The lowest BCUT2D eigenvalue weighted by atomic mass is 10.0. The van der Waals surface area contributed by atoms with Crippen molar-refractivity contribution in [3.8, 4) is 0 Å². The molecule has 22 heavy (non-hydrogen) atoms. The van der Waals surface area contributed by atoms with Crippen molar-refractivity contribution in [1.82, 2.24) is 14.5 Å². The number of aryl methyl sites for hydroxylation is 1. The molecule has 4 nitrogen and oxygen atoms in total. The summed E-state index contributed by atoms with van der Waals surface area (Å²) >= 11 is 0. The molecule has 1 aromatic heterocycles. The number of nitrogens with zero attached hydrogens (tertiary/aromatic N) is 3. The third-order valence-corrected chi connectivity index (χ3v) is 4.33. The Morgan fingerprint density at radius 2 is 1.91 bits per heavy atom. The van der Waals surface area contributed by atoms with E-state index in [-0.39, 0.29) is 5.91 Å². The van der Waals surface area contributed by atoms with Crippen LogP contribution in [0.2, 0.25) is 0 Å². The van der Waals surface area contributed by atoms with Gasteiger partial charge in [-0.15, -0.1) is 0 Å². The SMILES string of the molecule is CC(C)=CC(=O)N1CCC(n2c(C)nc3ccccc32)CC1. The van der Waals surface area contributed by atoms with E-state index in [1.165, 1.54) is 5.52 Å². The smallest absolute Gasteiger partial charge is 0.246 e. The number of benzene rings is 1. The molecule has 0 bridgehead atoms. The second kappa shape index (κ2) is 5.95. The van der Waals surface area contributed by atoms with Gasteiger partial charge in [0.15, 0.2) is 0 Å². The second-order valence-electron chi connectivity index (χ2n) is 6.30. The number of likely N-dealkylation sites (tertiary alicyclic amines) is 1. The molecule has 0 atom stereocenters. The number of hydrogen-bond donors (Lipinski definition) is 0. The van der Waals surface area contributed by atoms with Crippen molar-refractivity contribution in [3.05, 3.63) is 41.7 Å². The Bertz CT molecular complexity index is 717. The molecule has 116 valence electrons. The topological polar surface area (TPSA) is 38.1 Å². The van der Waals surface area contributed by atoms with Gasteiger partial charge in [0.1, 0.15) is 5.82 Å². The van der Waals surface area contributed by atoms with Gasteiger partial charge in [0.25, 0.3) is 0 Å². The van der Waals surface area contributed by atoms with Crippen LogP contribution in [0.25, 0.3) is 11.0 Å². The maximum Gasteiger partial charge on any atom is 0.246 e. The number of fused-ring (bicyclic) bond motifs is 1. The molecule has 1 amide bonds. The van der Waals surface area contributed by atoms with Gasteiger partial charge < -0.3 is 9.47 Å². The van der Waals surface area contributed by atoms with Gasteiger partial charge in [0.2, 0.25) is 5.91 Å². The molecule has 1 fully saturated rings. The maximum atomic E-state index is 12.1. The number of para-hydroxylation sites is 2. The van der Waals surface area contributed by atoms with Crippen LogP contribution in [-0.4, -0.2) is 33.4 Å². The third kappa shape index (κ3) is 2.78. The Kier molecular flexibility index (Phi) is 4.01. The number of rotatable bonds is 2. The average molecular weight is 297 g/mol. The highest BCUT2D eigenvalue weighted by Crippen LogP contribution is 2.28. The summed E-state index contributed by atoms with van der Waals surface area (Å²) in [5, 5.41) is 0. The number of piperidine rings is 1. The van der Waals surface area contributed by atoms with Crippen LogP contribution in [0.1, 0.15) is 38.6 Å². The molecule has 2 heterocycles. The standard InChI is InChI=1S/C18H23N3O/c1-13(2)12-18(22)20-10-8-15(9-11-20)21-14(3)19-16-6-4-5-7-17(16)21/h4-7,12,15H,8-11H2,1-3H3. The zero-order valence-corrected chi connectivity index (χ0v) is 13.5. The minimum Gasteiger partial charge on any atom is -0.339 e. The van der Waals surface area contributed by atoms with Crippen molar-refractivity contribution in [1.29, 1.82) is 0 Å². The van der Waals surface area contributed by atoms with Crippen LogP contribution in [0.15, 0.2) is 35.9 Å². The predicted octanol–water partition coefficient (Wildman–Crippen LogP) is 3.47. The molecular weight excluding hydrogens is 274 g/mol. The first-order valence-electron chi connectivity index (χ1n) is 7.93. The number of aromatic nitrogens is 2. The first-order chi connectivity index (χ1) is 10.6. The second-order valence-corrected chi connectivity index (χ2v) is 6.30. The number of carbonyl (C=O) groups is 1. The van der Waals surface area contributed by atoms with E-state index in [2.05, 4.69) is 34.7 Å². The molecule has 3 rings (SSSR count). The van der Waals surface area contributed by atoms with Gasteiger partial charge in [0.05, 0.1) is 11.0 Å². The lowest BCUT2D eigenvalue weighted by molar-refractivity contribution is -0.127. The summed E-state index contributed by atoms with van der Waals surface area (Å²) < 4.78 is 2.35. The summed E-state index contributed by atoms with van der Waals surface area (Å²) in [4.78, 5) is 18.7. The van der Waals surface area contributed by atoms with Crippen LogP contribution in [0.5, 0.6) is 0 Å². The normalized spacial score (nSPS) is 16.0. The van der Waals surface area contributed by atoms with E-state index in [4.69, 9.17) is 0 Å². The summed E-state index contributed by atoms with van der Waals surface area (Å²) in [6, 6.07) is 8.72. The van der Waals surface area contributed by atoms with Crippen molar-refractivity contribution in [3.63, 3.8) is 0 Å². The fourth-order valence-electron chi connectivity index (χ4n) is 3.31. The van der Waals surface area contributed by atoms with Crippen molar-refractivity contribution < 1.29 is 4.79 Å². The van der Waals surface area contributed by atoms with Crippen molar-refractivity contribution in [2.24, 2.45) is 0 Å². The summed E-state index contributed by atoms with van der Waals surface area (Å²) in [6.07, 6.45) is 3.71. The van der Waals surface area contributed by atoms with Crippen molar-refractivity contribution >= 4 is 16.9 Å². The highest BCUT2D eigenvalue weighted by atomic mass is 16.2. The molecule has 0 radical (unpaired) electrons. The molecular formula is C18H23N3O. The largest absolute Gasteiger partial charge is 0.339 e. The number of hydrogen-bond acceptors (Lipinski definition) is 2. The Balaban J connectivity index is 1.77. The first kappa shape index (κ1) is 14.8. The van der Waals surface area contributed by atoms with Crippen molar-refractivity contribution in [2.75, 3.05) is 13.1 Å². The van der Waals surface area contributed by atoms with Crippen LogP contribution in [0, 0.1) is 6.92 Å². The number of allylic oxidation sites excluding steroid dienone is 1. The Hall–Kier alpha value is -2.10. The van der Waals surface area contributed by atoms with E-state index in [9.17, 15) is 4.79 Å². The molecule has 2 aromatic rings. The quantitative estimate of drug-likeness (QED) is 0.796. The van der Waals surface area contributed by atoms with E-state index in [1.54, 1.807) is 6.08 Å². The Morgan fingerprint density at radius 3 is 2.59 bits per heavy atom. The van der Waals surface area contributed by atoms with Crippen LogP contribution in [-0.2, 0) is 4.79 Å².